The van der Waals surface area contributed by atoms with Crippen molar-refractivity contribution in [3.8, 4) is 5.75 Å². The van der Waals surface area contributed by atoms with Gasteiger partial charge in [0.05, 0.1) is 17.7 Å². The van der Waals surface area contributed by atoms with Crippen molar-refractivity contribution in [2.24, 2.45) is 0 Å². The molecule has 6 heteroatoms. The molecule has 2 aromatic rings. The van der Waals surface area contributed by atoms with Gasteiger partial charge >= 0.3 is 0 Å². The van der Waals surface area contributed by atoms with Gasteiger partial charge in [0.15, 0.2) is 0 Å². The van der Waals surface area contributed by atoms with E-state index in [1.165, 1.54) is 24.0 Å². The van der Waals surface area contributed by atoms with E-state index in [0.717, 1.165) is 0 Å². The Hall–Kier alpha value is -3.12. The summed E-state index contributed by atoms with van der Waals surface area (Å²) in [5, 5.41) is 30.0. The lowest BCUT2D eigenvalue weighted by atomic mass is 9.95. The fraction of sp³-hybridized carbons (Fsp3) is 0.200. The van der Waals surface area contributed by atoms with Crippen LogP contribution in [0, 0.1) is 0 Å². The standard InChI is InChI=1S/C20H19NO5/c1-12(22)11-21-17(13-7-9-15(23)10-8-13)16(19(25)20(21)26)18(24)14-5-3-2-4-6-14/h2-10,12,17,22-24H,11H2,1H3/t12-,17-/m1/s1. The number of nitrogens with zero attached hydrogens (tertiary/aromatic N) is 1. The summed E-state index contributed by atoms with van der Waals surface area (Å²) in [6.07, 6.45) is -0.843. The molecule has 26 heavy (non-hydrogen) atoms. The van der Waals surface area contributed by atoms with E-state index in [9.17, 15) is 24.9 Å². The molecule has 1 amide bonds. The molecular weight excluding hydrogens is 334 g/mol. The summed E-state index contributed by atoms with van der Waals surface area (Å²) in [4.78, 5) is 26.4. The van der Waals surface area contributed by atoms with Crippen LogP contribution in [0.15, 0.2) is 60.2 Å². The predicted molar refractivity (Wildman–Crippen MR) is 95.2 cm³/mol. The van der Waals surface area contributed by atoms with Gasteiger partial charge in [0.25, 0.3) is 11.7 Å². The van der Waals surface area contributed by atoms with Crippen LogP contribution in [0.25, 0.3) is 5.76 Å². The first kappa shape index (κ1) is 17.7. The molecule has 1 aliphatic rings. The second-order valence-corrected chi connectivity index (χ2v) is 6.26. The van der Waals surface area contributed by atoms with Gasteiger partial charge in [-0.3, -0.25) is 9.59 Å². The normalized spacial score (nSPS) is 20.4. The van der Waals surface area contributed by atoms with Crippen LogP contribution in [-0.2, 0) is 9.59 Å². The van der Waals surface area contributed by atoms with Gasteiger partial charge in [0.1, 0.15) is 11.5 Å². The number of phenolic OH excluding ortho intramolecular Hbond substituents is 1. The highest BCUT2D eigenvalue weighted by Gasteiger charge is 2.46. The molecule has 3 N–H and O–H groups in total. The van der Waals surface area contributed by atoms with Gasteiger partial charge in [-0.15, -0.1) is 0 Å². The van der Waals surface area contributed by atoms with Gasteiger partial charge < -0.3 is 20.2 Å². The van der Waals surface area contributed by atoms with Gasteiger partial charge in [0.2, 0.25) is 0 Å². The second kappa shape index (κ2) is 7.01. The maximum absolute atomic E-state index is 12.6. The molecule has 6 nitrogen and oxygen atoms in total. The number of β-amino-alcohol motifs (C(OH)–C–C–N with tert-alkyl or cyclic N) is 1. The van der Waals surface area contributed by atoms with E-state index in [-0.39, 0.29) is 23.6 Å². The smallest absolute Gasteiger partial charge is 0.295 e. The zero-order chi connectivity index (χ0) is 18.8. The average Bonchev–Trinajstić information content (AvgIpc) is 2.87. The fourth-order valence-corrected chi connectivity index (χ4v) is 3.11. The number of aromatic hydroxyl groups is 1. The van der Waals surface area contributed by atoms with Gasteiger partial charge in [-0.25, -0.2) is 0 Å². The number of rotatable bonds is 4. The maximum Gasteiger partial charge on any atom is 0.295 e. The van der Waals surface area contributed by atoms with Crippen LogP contribution in [0.2, 0.25) is 0 Å². The zero-order valence-electron chi connectivity index (χ0n) is 14.2. The number of carbonyl (C=O) groups is 2. The molecule has 2 aromatic carbocycles. The highest BCUT2D eigenvalue weighted by atomic mass is 16.3. The number of benzene rings is 2. The number of hydrogen-bond acceptors (Lipinski definition) is 5. The number of Topliss-reactive ketones (excluding diaryl/α,β-unsaturated/α-hetero) is 1. The summed E-state index contributed by atoms with van der Waals surface area (Å²) in [5.74, 6) is -1.80. The first-order valence-electron chi connectivity index (χ1n) is 8.21. The van der Waals surface area contributed by atoms with E-state index in [1.54, 1.807) is 42.5 Å². The van der Waals surface area contributed by atoms with E-state index >= 15 is 0 Å². The second-order valence-electron chi connectivity index (χ2n) is 6.26. The molecule has 3 rings (SSSR count). The molecule has 0 aliphatic carbocycles. The molecular formula is C20H19NO5. The summed E-state index contributed by atoms with van der Waals surface area (Å²) in [5.41, 5.74) is 0.944. The Kier molecular flexibility index (Phi) is 4.77. The van der Waals surface area contributed by atoms with E-state index < -0.39 is 23.8 Å². The molecule has 0 unspecified atom stereocenters. The first-order chi connectivity index (χ1) is 12.4. The SMILES string of the molecule is C[C@@H](O)CN1C(=O)C(=O)C(=C(O)c2ccccc2)[C@H]1c1ccc(O)cc1. The van der Waals surface area contributed by atoms with Crippen LogP contribution >= 0.6 is 0 Å². The quantitative estimate of drug-likeness (QED) is 0.445. The van der Waals surface area contributed by atoms with Crippen LogP contribution in [0.5, 0.6) is 5.75 Å². The molecule has 1 fully saturated rings. The van der Waals surface area contributed by atoms with E-state index in [1.807, 2.05) is 0 Å². The zero-order valence-corrected chi connectivity index (χ0v) is 14.2. The summed E-state index contributed by atoms with van der Waals surface area (Å²) in [7, 11) is 0. The lowest BCUT2D eigenvalue weighted by Crippen LogP contribution is -2.35. The summed E-state index contributed by atoms with van der Waals surface area (Å²) in [6.45, 7) is 1.46. The minimum Gasteiger partial charge on any atom is -0.508 e. The lowest BCUT2D eigenvalue weighted by Gasteiger charge is -2.26. The molecule has 0 spiro atoms. The third-order valence-electron chi connectivity index (χ3n) is 4.26. The Labute approximate surface area is 150 Å². The molecule has 1 heterocycles. The highest BCUT2D eigenvalue weighted by molar-refractivity contribution is 6.46. The van der Waals surface area contributed by atoms with Crippen LogP contribution in [0.4, 0.5) is 0 Å². The Morgan fingerprint density at radius 2 is 1.69 bits per heavy atom. The van der Waals surface area contributed by atoms with Crippen molar-refractivity contribution < 1.29 is 24.9 Å². The Morgan fingerprint density at radius 1 is 1.08 bits per heavy atom. The molecule has 2 atom stereocenters. The largest absolute Gasteiger partial charge is 0.508 e. The first-order valence-corrected chi connectivity index (χ1v) is 8.21. The van der Waals surface area contributed by atoms with Gasteiger partial charge in [-0.2, -0.15) is 0 Å². The van der Waals surface area contributed by atoms with Gasteiger partial charge in [-0.05, 0) is 24.6 Å². The number of aliphatic hydroxyl groups excluding tert-OH is 2. The van der Waals surface area contributed by atoms with Crippen molar-refractivity contribution in [1.29, 1.82) is 0 Å². The number of hydrogen-bond donors (Lipinski definition) is 3. The summed E-state index contributed by atoms with van der Waals surface area (Å²) in [6, 6.07) is 13.7. The number of carbonyl (C=O) groups excluding carboxylic acids is 2. The van der Waals surface area contributed by atoms with Crippen molar-refractivity contribution in [2.75, 3.05) is 6.54 Å². The van der Waals surface area contributed by atoms with Crippen molar-refractivity contribution in [1.82, 2.24) is 4.90 Å². The lowest BCUT2D eigenvalue weighted by molar-refractivity contribution is -0.140. The summed E-state index contributed by atoms with van der Waals surface area (Å²) >= 11 is 0. The van der Waals surface area contributed by atoms with Crippen molar-refractivity contribution in [3.63, 3.8) is 0 Å². The van der Waals surface area contributed by atoms with Crippen LogP contribution in [0.1, 0.15) is 24.1 Å². The number of aliphatic hydroxyl groups is 2. The van der Waals surface area contributed by atoms with Crippen molar-refractivity contribution >= 4 is 17.4 Å². The van der Waals surface area contributed by atoms with Crippen molar-refractivity contribution in [3.05, 3.63) is 71.3 Å². The molecule has 1 saturated heterocycles. The summed E-state index contributed by atoms with van der Waals surface area (Å²) < 4.78 is 0. The molecule has 0 bridgehead atoms. The molecule has 0 radical (unpaired) electrons. The number of phenols is 1. The minimum absolute atomic E-state index is 0.0347. The Bertz CT molecular complexity index is 856. The highest BCUT2D eigenvalue weighted by Crippen LogP contribution is 2.39. The Morgan fingerprint density at radius 3 is 2.27 bits per heavy atom. The molecule has 1 aliphatic heterocycles. The van der Waals surface area contributed by atoms with E-state index in [2.05, 4.69) is 0 Å². The average molecular weight is 353 g/mol. The topological polar surface area (TPSA) is 98.1 Å². The molecule has 0 aromatic heterocycles. The van der Waals surface area contributed by atoms with Gasteiger partial charge in [-0.1, -0.05) is 42.5 Å². The monoisotopic (exact) mass is 353 g/mol. The maximum atomic E-state index is 12.6. The fourth-order valence-electron chi connectivity index (χ4n) is 3.11. The number of likely N-dealkylation sites (tertiary alicyclic amines) is 1. The minimum atomic E-state index is -0.843. The van der Waals surface area contributed by atoms with Crippen LogP contribution in [0.3, 0.4) is 0 Å². The van der Waals surface area contributed by atoms with Crippen LogP contribution < -0.4 is 0 Å². The van der Waals surface area contributed by atoms with E-state index in [4.69, 9.17) is 0 Å². The third-order valence-corrected chi connectivity index (χ3v) is 4.26. The van der Waals surface area contributed by atoms with E-state index in [0.29, 0.717) is 11.1 Å². The van der Waals surface area contributed by atoms with Crippen LogP contribution in [-0.4, -0.2) is 44.6 Å². The molecule has 0 saturated carbocycles. The van der Waals surface area contributed by atoms with Crippen molar-refractivity contribution in [2.45, 2.75) is 19.1 Å². The molecule has 134 valence electrons. The number of ketones is 1. The van der Waals surface area contributed by atoms with Gasteiger partial charge in [0, 0.05) is 12.1 Å². The number of amides is 1. The predicted octanol–water partition coefficient (Wildman–Crippen LogP) is 2.19. The third kappa shape index (κ3) is 3.19. The Balaban J connectivity index is 2.18.